The molecule has 0 aliphatic rings. The third-order valence-electron chi connectivity index (χ3n) is 3.60. The minimum Gasteiger partial charge on any atom is -0.465 e. The van der Waals surface area contributed by atoms with Crippen LogP contribution in [0.1, 0.15) is 16.1 Å². The molecule has 7 nitrogen and oxygen atoms in total. The number of esters is 1. The summed E-state index contributed by atoms with van der Waals surface area (Å²) in [6.07, 6.45) is -4.13. The van der Waals surface area contributed by atoms with Gasteiger partial charge in [0.25, 0.3) is 0 Å². The van der Waals surface area contributed by atoms with E-state index in [1.807, 2.05) is 0 Å². The molecule has 2 N–H and O–H groups in total. The summed E-state index contributed by atoms with van der Waals surface area (Å²) in [6, 6.07) is 4.47. The van der Waals surface area contributed by atoms with E-state index in [1.165, 1.54) is 12.1 Å². The van der Waals surface area contributed by atoms with E-state index >= 15 is 0 Å². The first-order chi connectivity index (χ1) is 13.1. The van der Waals surface area contributed by atoms with E-state index in [9.17, 15) is 18.0 Å². The number of hydrogen-bond acceptors (Lipinski definition) is 7. The summed E-state index contributed by atoms with van der Waals surface area (Å²) in [5.41, 5.74) is 2.69. The Morgan fingerprint density at radius 2 is 1.89 bits per heavy atom. The number of hydrogen-bond donors (Lipinski definition) is 1. The van der Waals surface area contributed by atoms with Crippen LogP contribution in [0.4, 0.5) is 19.1 Å². The minimum absolute atomic E-state index is 0.0890. The van der Waals surface area contributed by atoms with Gasteiger partial charge in [0.05, 0.1) is 22.7 Å². The number of carbonyl (C=O) groups is 1. The second-order valence-corrected chi connectivity index (χ2v) is 6.13. The van der Waals surface area contributed by atoms with Gasteiger partial charge in [0.2, 0.25) is 5.95 Å². The van der Waals surface area contributed by atoms with Gasteiger partial charge in [-0.25, -0.2) is 14.8 Å². The van der Waals surface area contributed by atoms with Crippen LogP contribution in [0.2, 0.25) is 10.0 Å². The third-order valence-corrected chi connectivity index (χ3v) is 4.23. The van der Waals surface area contributed by atoms with Gasteiger partial charge in [-0.15, -0.1) is 0 Å². The first-order valence-electron chi connectivity index (χ1n) is 7.37. The summed E-state index contributed by atoms with van der Waals surface area (Å²) in [4.78, 5) is 19.1. The number of halogens is 5. The predicted octanol–water partition coefficient (Wildman–Crippen LogP) is 4.49. The Bertz CT molecular complexity index is 1050. The van der Waals surface area contributed by atoms with Crippen LogP contribution in [0.15, 0.2) is 28.9 Å². The van der Waals surface area contributed by atoms with Crippen molar-refractivity contribution in [1.82, 2.24) is 15.1 Å². The fraction of sp³-hybridized carbons (Fsp3) is 0.125. The average Bonchev–Trinajstić information content (AvgIpc) is 3.04. The van der Waals surface area contributed by atoms with Gasteiger partial charge in [-0.1, -0.05) is 34.4 Å². The molecule has 0 fully saturated rings. The van der Waals surface area contributed by atoms with Gasteiger partial charge >= 0.3 is 12.1 Å². The lowest BCUT2D eigenvalue weighted by molar-refractivity contribution is -0.140. The molecule has 0 aliphatic heterocycles. The van der Waals surface area contributed by atoms with E-state index in [0.29, 0.717) is 0 Å². The van der Waals surface area contributed by atoms with Gasteiger partial charge in [-0.3, -0.25) is 0 Å². The molecule has 0 saturated heterocycles. The van der Waals surface area contributed by atoms with E-state index in [0.717, 1.165) is 13.3 Å². The highest BCUT2D eigenvalue weighted by molar-refractivity contribution is 6.39. The maximum absolute atomic E-state index is 13.4. The lowest BCUT2D eigenvalue weighted by Crippen LogP contribution is -2.13. The van der Waals surface area contributed by atoms with Crippen molar-refractivity contribution in [3.05, 3.63) is 45.7 Å². The molecule has 0 unspecified atom stereocenters. The molecular formula is C16H9Cl2F3N4O3. The van der Waals surface area contributed by atoms with E-state index in [2.05, 4.69) is 19.9 Å². The fourth-order valence-electron chi connectivity index (χ4n) is 2.44. The molecule has 0 spiro atoms. The molecule has 0 atom stereocenters. The zero-order valence-electron chi connectivity index (χ0n) is 13.8. The zero-order chi connectivity index (χ0) is 20.6. The van der Waals surface area contributed by atoms with Crippen LogP contribution in [0.5, 0.6) is 0 Å². The van der Waals surface area contributed by atoms with E-state index < -0.39 is 40.7 Å². The van der Waals surface area contributed by atoms with Crippen molar-refractivity contribution >= 4 is 35.1 Å². The molecule has 3 rings (SSSR count). The zero-order valence-corrected chi connectivity index (χ0v) is 15.4. The Morgan fingerprint density at radius 1 is 1.25 bits per heavy atom. The SMILES string of the molecule is COC(=O)c1c(-c2c(Cl)cccc2Cl)noc1-c1cnc(N)nc1C(F)(F)F. The number of methoxy groups -OCH3 is 1. The summed E-state index contributed by atoms with van der Waals surface area (Å²) in [6.45, 7) is 0. The molecule has 28 heavy (non-hydrogen) atoms. The van der Waals surface area contributed by atoms with Crippen LogP contribution >= 0.6 is 23.2 Å². The number of nitrogens with zero attached hydrogens (tertiary/aromatic N) is 3. The Hall–Kier alpha value is -2.85. The van der Waals surface area contributed by atoms with Crippen molar-refractivity contribution in [3.8, 4) is 22.6 Å². The number of carbonyl (C=O) groups excluding carboxylic acids is 1. The standard InChI is InChI=1S/C16H9Cl2F3N4O3/c1-27-14(26)10-11(9-7(17)3-2-4-8(9)18)25-28-12(10)6-5-23-15(22)24-13(6)16(19,20)21/h2-5H,1H3,(H2,22,23,24). The van der Waals surface area contributed by atoms with E-state index in [1.54, 1.807) is 6.07 Å². The molecule has 0 bridgehead atoms. The largest absolute Gasteiger partial charge is 0.465 e. The lowest BCUT2D eigenvalue weighted by Gasteiger charge is -2.11. The number of nitrogen functional groups attached to an aromatic ring is 1. The second kappa shape index (κ2) is 7.28. The normalized spacial score (nSPS) is 11.5. The number of anilines is 1. The van der Waals surface area contributed by atoms with Crippen LogP contribution in [-0.4, -0.2) is 28.2 Å². The van der Waals surface area contributed by atoms with Gasteiger partial charge in [-0.2, -0.15) is 13.2 Å². The average molecular weight is 433 g/mol. The van der Waals surface area contributed by atoms with Crippen molar-refractivity contribution in [2.24, 2.45) is 0 Å². The number of rotatable bonds is 3. The first kappa shape index (κ1) is 19.9. The Morgan fingerprint density at radius 3 is 2.46 bits per heavy atom. The molecule has 0 radical (unpaired) electrons. The molecule has 2 aromatic heterocycles. The summed E-state index contributed by atoms with van der Waals surface area (Å²) in [5.74, 6) is -2.19. The minimum atomic E-state index is -4.91. The van der Waals surface area contributed by atoms with Gasteiger partial charge < -0.3 is 15.0 Å². The van der Waals surface area contributed by atoms with Crippen molar-refractivity contribution < 1.29 is 27.2 Å². The van der Waals surface area contributed by atoms with Crippen molar-refractivity contribution in [3.63, 3.8) is 0 Å². The molecule has 0 amide bonds. The van der Waals surface area contributed by atoms with Crippen LogP contribution in [-0.2, 0) is 10.9 Å². The monoisotopic (exact) mass is 432 g/mol. The molecule has 146 valence electrons. The van der Waals surface area contributed by atoms with Crippen LogP contribution in [0.3, 0.4) is 0 Å². The van der Waals surface area contributed by atoms with Gasteiger partial charge in [0.15, 0.2) is 11.5 Å². The Kier molecular flexibility index (Phi) is 5.18. The fourth-order valence-corrected chi connectivity index (χ4v) is 3.01. The highest BCUT2D eigenvalue weighted by Crippen LogP contribution is 2.42. The second-order valence-electron chi connectivity index (χ2n) is 5.31. The smallest absolute Gasteiger partial charge is 0.434 e. The summed E-state index contributed by atoms with van der Waals surface area (Å²) in [7, 11) is 1.04. The number of ether oxygens (including phenoxy) is 1. The molecule has 0 saturated carbocycles. The highest BCUT2D eigenvalue weighted by Gasteiger charge is 2.40. The topological polar surface area (TPSA) is 104 Å². The molecular weight excluding hydrogens is 424 g/mol. The lowest BCUT2D eigenvalue weighted by atomic mass is 10.0. The number of benzene rings is 1. The summed E-state index contributed by atoms with van der Waals surface area (Å²) < 4.78 is 50.0. The van der Waals surface area contributed by atoms with E-state index in [-0.39, 0.29) is 21.3 Å². The van der Waals surface area contributed by atoms with Crippen molar-refractivity contribution in [2.45, 2.75) is 6.18 Å². The quantitative estimate of drug-likeness (QED) is 0.607. The number of aromatic nitrogens is 3. The first-order valence-corrected chi connectivity index (χ1v) is 8.13. The van der Waals surface area contributed by atoms with Gasteiger partial charge in [0, 0.05) is 11.8 Å². The van der Waals surface area contributed by atoms with Crippen LogP contribution in [0, 0.1) is 0 Å². The summed E-state index contributed by atoms with van der Waals surface area (Å²) in [5, 5.41) is 3.90. The van der Waals surface area contributed by atoms with Crippen molar-refractivity contribution in [1.29, 1.82) is 0 Å². The van der Waals surface area contributed by atoms with Crippen LogP contribution < -0.4 is 5.73 Å². The maximum Gasteiger partial charge on any atom is 0.434 e. The Balaban J connectivity index is 2.34. The molecule has 3 aromatic rings. The number of alkyl halides is 3. The van der Waals surface area contributed by atoms with Gasteiger partial charge in [0.1, 0.15) is 11.3 Å². The maximum atomic E-state index is 13.4. The highest BCUT2D eigenvalue weighted by atomic mass is 35.5. The number of nitrogens with two attached hydrogens (primary N) is 1. The van der Waals surface area contributed by atoms with E-state index in [4.69, 9.17) is 33.5 Å². The summed E-state index contributed by atoms with van der Waals surface area (Å²) >= 11 is 12.2. The predicted molar refractivity (Wildman–Crippen MR) is 93.7 cm³/mol. The Labute approximate surface area is 165 Å². The third kappa shape index (κ3) is 3.48. The van der Waals surface area contributed by atoms with Crippen molar-refractivity contribution in [2.75, 3.05) is 12.8 Å². The van der Waals surface area contributed by atoms with Gasteiger partial charge in [-0.05, 0) is 12.1 Å². The molecule has 1 aromatic carbocycles. The molecule has 12 heteroatoms. The molecule has 0 aliphatic carbocycles. The van der Waals surface area contributed by atoms with Crippen LogP contribution in [0.25, 0.3) is 22.6 Å². The molecule has 2 heterocycles.